The molecule has 276 valence electrons. The Balaban J connectivity index is 0.00000302. The number of esters is 2. The quantitative estimate of drug-likeness (QED) is 0.168. The predicted molar refractivity (Wildman–Crippen MR) is 171 cm³/mol. The van der Waals surface area contributed by atoms with Crippen molar-refractivity contribution < 1.29 is 151 Å². The van der Waals surface area contributed by atoms with Gasteiger partial charge in [-0.05, 0) is 49.3 Å². The molecule has 6 N–H and O–H groups in total. The second-order valence-corrected chi connectivity index (χ2v) is 14.7. The number of ketones is 1. The maximum atomic E-state index is 14.6. The molecule has 52 heavy (non-hydrogen) atoms. The average molecular weight is 1150 g/mol. The molecule has 4 aliphatic rings. The molecule has 3 fully saturated rings. The van der Waals surface area contributed by atoms with Crippen LogP contribution in [0.3, 0.4) is 0 Å². The summed E-state index contributed by atoms with van der Waals surface area (Å²) in [6.45, 7) is 6.84. The van der Waals surface area contributed by atoms with E-state index in [1.807, 2.05) is 0 Å². The number of fused-ring (bicyclic) bond motifs is 5. The van der Waals surface area contributed by atoms with Gasteiger partial charge >= 0.3 is 11.9 Å². The molecule has 1 aromatic heterocycles. The zero-order valence-corrected chi connectivity index (χ0v) is 39.0. The van der Waals surface area contributed by atoms with Crippen molar-refractivity contribution in [2.24, 2.45) is 16.7 Å². The predicted octanol–water partition coefficient (Wildman–Crippen LogP) is 0.893. The summed E-state index contributed by atoms with van der Waals surface area (Å²) >= 11 is 0. The van der Waals surface area contributed by atoms with Crippen molar-refractivity contribution in [2.45, 2.75) is 101 Å². The van der Waals surface area contributed by atoms with Crippen LogP contribution in [0, 0.1) is 105 Å². The molecule has 1 aliphatic heterocycles. The molecule has 16 heteroatoms. The average Bonchev–Trinajstić information content (AvgIpc) is 3.60. The summed E-state index contributed by atoms with van der Waals surface area (Å²) in [5.41, 5.74) is -7.48. The number of hydrogen-bond donors (Lipinski definition) is 6. The van der Waals surface area contributed by atoms with Gasteiger partial charge in [-0.2, -0.15) is 0 Å². The van der Waals surface area contributed by atoms with E-state index in [4.69, 9.17) is 18.6 Å². The fourth-order valence-corrected chi connectivity index (χ4v) is 8.72. The van der Waals surface area contributed by atoms with Crippen LogP contribution in [0.5, 0.6) is 0 Å². The smallest absolute Gasteiger partial charge is 0.338 e. The molecule has 3 aliphatic carbocycles. The van der Waals surface area contributed by atoms with Gasteiger partial charge in [-0.1, -0.05) is 32.0 Å². The second kappa shape index (κ2) is 15.8. The van der Waals surface area contributed by atoms with E-state index in [9.17, 15) is 44.7 Å². The molecule has 2 saturated carbocycles. The van der Waals surface area contributed by atoms with Crippen LogP contribution in [0.25, 0.3) is 0 Å². The van der Waals surface area contributed by atoms with Gasteiger partial charge in [-0.25, -0.2) is 9.59 Å². The maximum Gasteiger partial charge on any atom is 0.338 e. The minimum atomic E-state index is -2.29. The van der Waals surface area contributed by atoms with E-state index in [1.54, 1.807) is 32.0 Å². The summed E-state index contributed by atoms with van der Waals surface area (Å²) in [7, 11) is 0. The first-order valence-corrected chi connectivity index (χ1v) is 16.5. The third kappa shape index (κ3) is 6.88. The first-order valence-electron chi connectivity index (χ1n) is 16.5. The van der Waals surface area contributed by atoms with Crippen molar-refractivity contribution in [2.75, 3.05) is 6.61 Å². The van der Waals surface area contributed by atoms with Gasteiger partial charge in [-0.3, -0.25) is 9.59 Å². The van der Waals surface area contributed by atoms with Crippen molar-refractivity contribution >= 4 is 23.6 Å². The van der Waals surface area contributed by atoms with E-state index in [0.29, 0.717) is 0 Å². The molecule has 0 spiro atoms. The number of amides is 1. The Bertz CT molecular complexity index is 1720. The van der Waals surface area contributed by atoms with Crippen LogP contribution < -0.4 is 5.32 Å². The number of aliphatic hydroxyl groups is 5. The zero-order valence-electron chi connectivity index (χ0n) is 29.5. The van der Waals surface area contributed by atoms with Crippen molar-refractivity contribution in [3.63, 3.8) is 0 Å². The van der Waals surface area contributed by atoms with E-state index in [0.717, 1.165) is 0 Å². The van der Waals surface area contributed by atoms with Gasteiger partial charge in [-0.15, -0.1) is 0 Å². The fraction of sp³-hybridized carbons (Fsp3) is 0.556. The molecular formula is C36H43Ac2NO13. The molecule has 14 nitrogen and oxygen atoms in total. The number of Topliss-reactive ketones (excluding diaryl/α,β-unsaturated/α-hetero) is 1. The second-order valence-electron chi connectivity index (χ2n) is 14.7. The first kappa shape index (κ1) is 43.7. The van der Waals surface area contributed by atoms with E-state index in [2.05, 4.69) is 5.32 Å². The molecular weight excluding hydrogens is 1110 g/mol. The maximum absolute atomic E-state index is 14.6. The van der Waals surface area contributed by atoms with Gasteiger partial charge in [0, 0.05) is 119 Å². The summed E-state index contributed by atoms with van der Waals surface area (Å²) in [6, 6.07) is 9.47. The Labute approximate surface area is 372 Å². The van der Waals surface area contributed by atoms with Crippen LogP contribution >= 0.6 is 0 Å². The van der Waals surface area contributed by atoms with E-state index in [-0.39, 0.29) is 124 Å². The minimum absolute atomic E-state index is 0. The van der Waals surface area contributed by atoms with Crippen molar-refractivity contribution in [1.29, 1.82) is 0 Å². The number of nitrogens with one attached hydrogen (secondary N) is 1. The summed E-state index contributed by atoms with van der Waals surface area (Å²) in [6.07, 6.45) is -8.96. The van der Waals surface area contributed by atoms with Crippen LogP contribution in [0.1, 0.15) is 69.6 Å². The SMILES string of the molecule is CC(=O)NC(c1ccco1)C(O)C(=O)OC1CC2(O)C(OC(=O)c3ccccc3)C3[C@]4(O)COC4CC(O)[C@@]3(C)C(=O)C(O)C(=C1C)C2(C)C.[Ac].[Ac]. The Hall–Kier alpha value is -1.04. The normalized spacial score (nSPS) is 35.7. The third-order valence-corrected chi connectivity index (χ3v) is 11.6. The van der Waals surface area contributed by atoms with E-state index < -0.39 is 101 Å². The monoisotopic (exact) mass is 1150 g/mol. The van der Waals surface area contributed by atoms with Crippen molar-refractivity contribution in [3.8, 4) is 0 Å². The van der Waals surface area contributed by atoms with Gasteiger partial charge in [0.2, 0.25) is 5.91 Å². The summed E-state index contributed by atoms with van der Waals surface area (Å²) in [5.74, 6) is -5.06. The number of carbonyl (C=O) groups is 4. The minimum Gasteiger partial charge on any atom is -0.467 e. The molecule has 1 amide bonds. The van der Waals surface area contributed by atoms with Crippen LogP contribution in [-0.2, 0) is 28.6 Å². The summed E-state index contributed by atoms with van der Waals surface area (Å²) in [4.78, 5) is 54.0. The molecule has 2 radical (unpaired) electrons. The summed E-state index contributed by atoms with van der Waals surface area (Å²) in [5, 5.41) is 62.3. The molecule has 6 rings (SSSR count). The van der Waals surface area contributed by atoms with Crippen LogP contribution in [0.4, 0.5) is 0 Å². The number of furan rings is 1. The number of benzene rings is 1. The van der Waals surface area contributed by atoms with Gasteiger partial charge < -0.3 is 49.5 Å². The van der Waals surface area contributed by atoms with Crippen LogP contribution in [0.2, 0.25) is 0 Å². The molecule has 2 bridgehead atoms. The molecule has 1 aromatic carbocycles. The van der Waals surface area contributed by atoms with E-state index in [1.165, 1.54) is 51.3 Å². The topological polar surface area (TPSA) is 222 Å². The zero-order chi connectivity index (χ0) is 36.6. The van der Waals surface area contributed by atoms with Crippen LogP contribution in [-0.4, -0.2) is 104 Å². The van der Waals surface area contributed by atoms with Crippen molar-refractivity contribution in [1.82, 2.24) is 5.32 Å². The Kier molecular flexibility index (Phi) is 13.3. The number of aliphatic hydroxyl groups excluding tert-OH is 3. The molecule has 11 atom stereocenters. The number of ether oxygens (including phenoxy) is 3. The largest absolute Gasteiger partial charge is 0.467 e. The van der Waals surface area contributed by atoms with Gasteiger partial charge in [0.05, 0.1) is 36.1 Å². The third-order valence-electron chi connectivity index (χ3n) is 11.6. The van der Waals surface area contributed by atoms with Crippen LogP contribution in [0.15, 0.2) is 64.3 Å². The summed E-state index contributed by atoms with van der Waals surface area (Å²) < 4.78 is 22.9. The Morgan fingerprint density at radius 2 is 1.65 bits per heavy atom. The molecule has 9 unspecified atom stereocenters. The molecule has 1 saturated heterocycles. The Morgan fingerprint density at radius 1 is 1.00 bits per heavy atom. The standard InChI is InChI=1S/C36H43NO13.2Ac/c1-17-21(49-32(44)27(41)25(37-18(2)38)20-12-9-13-47-20)15-36(46)30(50-31(43)19-10-7-6-8-11-19)28-34(5,22(39)14-23-35(28,45)16-48-23)29(42)26(40)24(17)33(36,3)4;;/h6-13,21-23,25-28,30,39-41,45-46H,14-16H2,1-5H3,(H,37,38);;/t21?,22?,23?,25?,26?,27?,28?,30?,34-,35+,36?;;/m1../s1. The van der Waals surface area contributed by atoms with E-state index >= 15 is 0 Å². The molecule has 2 heterocycles. The number of hydrogen-bond acceptors (Lipinski definition) is 13. The van der Waals surface area contributed by atoms with Gasteiger partial charge in [0.25, 0.3) is 0 Å². The number of carbonyl (C=O) groups excluding carboxylic acids is 4. The van der Waals surface area contributed by atoms with Gasteiger partial charge in [0.15, 0.2) is 11.9 Å². The van der Waals surface area contributed by atoms with Gasteiger partial charge in [0.1, 0.15) is 41.3 Å². The fourth-order valence-electron chi connectivity index (χ4n) is 8.72. The van der Waals surface area contributed by atoms with Crippen molar-refractivity contribution in [3.05, 3.63) is 71.2 Å². The first-order chi connectivity index (χ1) is 23.4. The Morgan fingerprint density at radius 3 is 2.21 bits per heavy atom. The molecule has 2 aromatic rings. The number of rotatable bonds is 7.